The summed E-state index contributed by atoms with van der Waals surface area (Å²) in [6.45, 7) is 0. The zero-order valence-corrected chi connectivity index (χ0v) is 11.7. The topological polar surface area (TPSA) is 35.8 Å². The van der Waals surface area contributed by atoms with Gasteiger partial charge in [0.15, 0.2) is 0 Å². The highest BCUT2D eigenvalue weighted by Gasteiger charge is 2.14. The lowest BCUT2D eigenvalue weighted by Crippen LogP contribution is -2.09. The largest absolute Gasteiger partial charge is 0.366 e. The Bertz CT molecular complexity index is 578. The van der Waals surface area contributed by atoms with Crippen LogP contribution in [0, 0.1) is 11.3 Å². The molecule has 0 heterocycles. The van der Waals surface area contributed by atoms with Gasteiger partial charge in [-0.2, -0.15) is 5.26 Å². The van der Waals surface area contributed by atoms with Gasteiger partial charge in [0.25, 0.3) is 0 Å². The van der Waals surface area contributed by atoms with Crippen LogP contribution in [0.15, 0.2) is 53.0 Å². The van der Waals surface area contributed by atoms with Gasteiger partial charge >= 0.3 is 0 Å². The van der Waals surface area contributed by atoms with Crippen LogP contribution in [-0.4, -0.2) is 0 Å². The SMILES string of the molecule is N#CC(Nc1ccccc1)c1cc(Cl)ccc1Br. The third kappa shape index (κ3) is 3.04. The standard InChI is InChI=1S/C14H10BrClN2/c15-13-7-6-10(16)8-12(13)14(9-17)18-11-4-2-1-3-5-11/h1-8,14,18H. The maximum absolute atomic E-state index is 9.28. The Morgan fingerprint density at radius 2 is 1.89 bits per heavy atom. The second-order valence-electron chi connectivity index (χ2n) is 3.74. The molecule has 0 aliphatic rings. The molecule has 0 aliphatic heterocycles. The molecular formula is C14H10BrClN2. The van der Waals surface area contributed by atoms with Gasteiger partial charge in [-0.1, -0.05) is 45.7 Å². The smallest absolute Gasteiger partial charge is 0.141 e. The molecule has 4 heteroatoms. The van der Waals surface area contributed by atoms with E-state index in [0.717, 1.165) is 15.7 Å². The highest BCUT2D eigenvalue weighted by Crippen LogP contribution is 2.28. The predicted octanol–water partition coefficient (Wildman–Crippen LogP) is 4.78. The minimum absolute atomic E-state index is 0.444. The summed E-state index contributed by atoms with van der Waals surface area (Å²) >= 11 is 9.40. The van der Waals surface area contributed by atoms with Crippen molar-refractivity contribution in [2.24, 2.45) is 0 Å². The molecular weight excluding hydrogens is 312 g/mol. The molecule has 2 rings (SSSR count). The van der Waals surface area contributed by atoms with Gasteiger partial charge < -0.3 is 5.32 Å². The van der Waals surface area contributed by atoms with Crippen LogP contribution in [0.3, 0.4) is 0 Å². The minimum Gasteiger partial charge on any atom is -0.366 e. The van der Waals surface area contributed by atoms with Crippen molar-refractivity contribution in [3.8, 4) is 6.07 Å². The van der Waals surface area contributed by atoms with Crippen LogP contribution in [0.25, 0.3) is 0 Å². The van der Waals surface area contributed by atoms with Gasteiger partial charge in [0.2, 0.25) is 0 Å². The minimum atomic E-state index is -0.444. The summed E-state index contributed by atoms with van der Waals surface area (Å²) in [5.41, 5.74) is 1.73. The number of anilines is 1. The molecule has 90 valence electrons. The number of hydrogen-bond acceptors (Lipinski definition) is 2. The summed E-state index contributed by atoms with van der Waals surface area (Å²) in [5.74, 6) is 0. The van der Waals surface area contributed by atoms with E-state index in [0.29, 0.717) is 5.02 Å². The second-order valence-corrected chi connectivity index (χ2v) is 5.03. The average Bonchev–Trinajstić information content (AvgIpc) is 2.40. The normalized spacial score (nSPS) is 11.6. The van der Waals surface area contributed by atoms with Crippen molar-refractivity contribution in [2.45, 2.75) is 6.04 Å². The van der Waals surface area contributed by atoms with E-state index < -0.39 is 6.04 Å². The molecule has 18 heavy (non-hydrogen) atoms. The first-order valence-corrected chi connectivity index (χ1v) is 6.54. The Kier molecular flexibility index (Phi) is 4.24. The Labute approximate surface area is 119 Å². The highest BCUT2D eigenvalue weighted by molar-refractivity contribution is 9.10. The molecule has 2 nitrogen and oxygen atoms in total. The number of nitriles is 1. The fourth-order valence-corrected chi connectivity index (χ4v) is 2.27. The van der Waals surface area contributed by atoms with Crippen LogP contribution in [0.1, 0.15) is 11.6 Å². The summed E-state index contributed by atoms with van der Waals surface area (Å²) in [7, 11) is 0. The molecule has 0 radical (unpaired) electrons. The number of nitrogens with zero attached hydrogens (tertiary/aromatic N) is 1. The summed E-state index contributed by atoms with van der Waals surface area (Å²) in [6, 6.07) is 16.8. The van der Waals surface area contributed by atoms with Crippen LogP contribution in [0.5, 0.6) is 0 Å². The van der Waals surface area contributed by atoms with Crippen LogP contribution in [0.4, 0.5) is 5.69 Å². The zero-order valence-electron chi connectivity index (χ0n) is 9.40. The molecule has 0 bridgehead atoms. The first-order valence-electron chi connectivity index (χ1n) is 5.37. The van der Waals surface area contributed by atoms with Gasteiger partial charge in [-0.25, -0.2) is 0 Å². The van der Waals surface area contributed by atoms with E-state index in [1.807, 2.05) is 36.4 Å². The van der Waals surface area contributed by atoms with Crippen molar-refractivity contribution >= 4 is 33.2 Å². The summed E-state index contributed by atoms with van der Waals surface area (Å²) in [6.07, 6.45) is 0. The number of para-hydroxylation sites is 1. The second kappa shape index (κ2) is 5.90. The molecule has 2 aromatic carbocycles. The number of hydrogen-bond donors (Lipinski definition) is 1. The summed E-state index contributed by atoms with van der Waals surface area (Å²) in [4.78, 5) is 0. The molecule has 0 amide bonds. The lowest BCUT2D eigenvalue weighted by atomic mass is 10.1. The van der Waals surface area contributed by atoms with Gasteiger partial charge in [0.1, 0.15) is 6.04 Å². The maximum Gasteiger partial charge on any atom is 0.141 e. The maximum atomic E-state index is 9.28. The van der Waals surface area contributed by atoms with E-state index in [2.05, 4.69) is 27.3 Å². The van der Waals surface area contributed by atoms with Gasteiger partial charge in [0.05, 0.1) is 6.07 Å². The Morgan fingerprint density at radius 1 is 1.17 bits per heavy atom. The van der Waals surface area contributed by atoms with E-state index in [9.17, 15) is 5.26 Å². The van der Waals surface area contributed by atoms with Crippen LogP contribution >= 0.6 is 27.5 Å². The van der Waals surface area contributed by atoms with Crippen molar-refractivity contribution < 1.29 is 0 Å². The summed E-state index contributed by atoms with van der Waals surface area (Å²) < 4.78 is 0.863. The molecule has 0 aromatic heterocycles. The van der Waals surface area contributed by atoms with Gasteiger partial charge in [-0.15, -0.1) is 0 Å². The van der Waals surface area contributed by atoms with Crippen LogP contribution in [0.2, 0.25) is 5.02 Å². The van der Waals surface area contributed by atoms with E-state index in [1.54, 1.807) is 12.1 Å². The highest BCUT2D eigenvalue weighted by atomic mass is 79.9. The van der Waals surface area contributed by atoms with Crippen molar-refractivity contribution in [1.29, 1.82) is 5.26 Å². The molecule has 0 saturated carbocycles. The van der Waals surface area contributed by atoms with Gasteiger partial charge in [0, 0.05) is 20.7 Å². The van der Waals surface area contributed by atoms with Crippen molar-refractivity contribution in [3.63, 3.8) is 0 Å². The first kappa shape index (κ1) is 12.9. The third-order valence-electron chi connectivity index (χ3n) is 2.48. The summed E-state index contributed by atoms with van der Waals surface area (Å²) in [5, 5.41) is 13.1. The van der Waals surface area contributed by atoms with Crippen molar-refractivity contribution in [3.05, 3.63) is 63.6 Å². The number of rotatable bonds is 3. The Balaban J connectivity index is 2.29. The first-order chi connectivity index (χ1) is 8.70. The van der Waals surface area contributed by atoms with E-state index in [1.165, 1.54) is 0 Å². The molecule has 1 N–H and O–H groups in total. The molecule has 0 spiro atoms. The zero-order chi connectivity index (χ0) is 13.0. The van der Waals surface area contributed by atoms with E-state index >= 15 is 0 Å². The lowest BCUT2D eigenvalue weighted by Gasteiger charge is -2.15. The number of nitrogens with one attached hydrogen (secondary N) is 1. The quantitative estimate of drug-likeness (QED) is 0.883. The van der Waals surface area contributed by atoms with Crippen LogP contribution in [-0.2, 0) is 0 Å². The van der Waals surface area contributed by atoms with Crippen molar-refractivity contribution in [1.82, 2.24) is 0 Å². The monoisotopic (exact) mass is 320 g/mol. The van der Waals surface area contributed by atoms with Gasteiger partial charge in [-0.3, -0.25) is 0 Å². The Hall–Kier alpha value is -1.50. The molecule has 1 atom stereocenters. The third-order valence-corrected chi connectivity index (χ3v) is 3.44. The lowest BCUT2D eigenvalue weighted by molar-refractivity contribution is 0.990. The molecule has 0 saturated heterocycles. The van der Waals surface area contributed by atoms with Crippen LogP contribution < -0.4 is 5.32 Å². The number of halogens is 2. The molecule has 0 fully saturated rings. The molecule has 0 aliphatic carbocycles. The van der Waals surface area contributed by atoms with Gasteiger partial charge in [-0.05, 0) is 30.3 Å². The fourth-order valence-electron chi connectivity index (χ4n) is 1.62. The van der Waals surface area contributed by atoms with Crippen molar-refractivity contribution in [2.75, 3.05) is 5.32 Å². The van der Waals surface area contributed by atoms with E-state index in [-0.39, 0.29) is 0 Å². The molecule has 2 aromatic rings. The van der Waals surface area contributed by atoms with E-state index in [4.69, 9.17) is 11.6 Å². The molecule has 1 unspecified atom stereocenters. The predicted molar refractivity (Wildman–Crippen MR) is 77.6 cm³/mol. The number of benzene rings is 2. The Morgan fingerprint density at radius 3 is 2.56 bits per heavy atom. The fraction of sp³-hybridized carbons (Fsp3) is 0.0714. The average molecular weight is 322 g/mol.